The second-order valence-electron chi connectivity index (χ2n) is 4.83. The summed E-state index contributed by atoms with van der Waals surface area (Å²) >= 11 is 0. The van der Waals surface area contributed by atoms with Crippen molar-refractivity contribution in [3.05, 3.63) is 0 Å². The molecule has 1 aliphatic carbocycles. The SMILES string of the molecule is NC(=O)[C@@H]1CCCCC[C@H]1NCC1OCCO1. The predicted molar refractivity (Wildman–Crippen MR) is 63.3 cm³/mol. The number of nitrogens with two attached hydrogens (primary N) is 1. The van der Waals surface area contributed by atoms with Gasteiger partial charge in [-0.3, -0.25) is 4.79 Å². The van der Waals surface area contributed by atoms with Crippen LogP contribution in [-0.2, 0) is 14.3 Å². The van der Waals surface area contributed by atoms with Crippen molar-refractivity contribution in [1.82, 2.24) is 5.32 Å². The van der Waals surface area contributed by atoms with E-state index in [0.29, 0.717) is 19.8 Å². The fourth-order valence-corrected chi connectivity index (χ4v) is 2.67. The standard InChI is InChI=1S/C12H22N2O3/c13-12(15)9-4-2-1-3-5-10(9)14-8-11-16-6-7-17-11/h9-11,14H,1-8H2,(H2,13,15)/t9-,10-/m1/s1. The molecule has 1 heterocycles. The third-order valence-electron chi connectivity index (χ3n) is 3.62. The van der Waals surface area contributed by atoms with Crippen molar-refractivity contribution in [1.29, 1.82) is 0 Å². The Morgan fingerprint density at radius 3 is 2.59 bits per heavy atom. The van der Waals surface area contributed by atoms with Crippen LogP contribution in [0.1, 0.15) is 32.1 Å². The zero-order valence-corrected chi connectivity index (χ0v) is 10.2. The monoisotopic (exact) mass is 242 g/mol. The molecular formula is C12H22N2O3. The summed E-state index contributed by atoms with van der Waals surface area (Å²) in [7, 11) is 0. The fourth-order valence-electron chi connectivity index (χ4n) is 2.67. The predicted octanol–water partition coefficient (Wildman–Crippen LogP) is 0.383. The van der Waals surface area contributed by atoms with E-state index in [0.717, 1.165) is 25.7 Å². The summed E-state index contributed by atoms with van der Waals surface area (Å²) in [5.74, 6) is -0.225. The van der Waals surface area contributed by atoms with Gasteiger partial charge in [-0.2, -0.15) is 0 Å². The molecule has 3 N–H and O–H groups in total. The molecule has 2 aliphatic rings. The molecule has 5 heteroatoms. The molecule has 1 aliphatic heterocycles. The van der Waals surface area contributed by atoms with Gasteiger partial charge in [-0.05, 0) is 12.8 Å². The van der Waals surface area contributed by atoms with E-state index >= 15 is 0 Å². The molecule has 1 saturated heterocycles. The van der Waals surface area contributed by atoms with Crippen molar-refractivity contribution in [2.45, 2.75) is 44.4 Å². The van der Waals surface area contributed by atoms with Gasteiger partial charge in [0.1, 0.15) is 0 Å². The summed E-state index contributed by atoms with van der Waals surface area (Å²) < 4.78 is 10.7. The fraction of sp³-hybridized carbons (Fsp3) is 0.917. The number of carbonyl (C=O) groups excluding carboxylic acids is 1. The van der Waals surface area contributed by atoms with Gasteiger partial charge in [0.05, 0.1) is 19.1 Å². The lowest BCUT2D eigenvalue weighted by molar-refractivity contribution is -0.123. The van der Waals surface area contributed by atoms with Gasteiger partial charge in [-0.1, -0.05) is 19.3 Å². The van der Waals surface area contributed by atoms with Gasteiger partial charge < -0.3 is 20.5 Å². The molecule has 2 atom stereocenters. The zero-order valence-electron chi connectivity index (χ0n) is 10.2. The molecule has 17 heavy (non-hydrogen) atoms. The van der Waals surface area contributed by atoms with Crippen LogP contribution in [0.25, 0.3) is 0 Å². The average Bonchev–Trinajstić information content (AvgIpc) is 2.70. The van der Waals surface area contributed by atoms with Gasteiger partial charge in [-0.25, -0.2) is 0 Å². The number of primary amides is 1. The smallest absolute Gasteiger partial charge is 0.222 e. The number of amides is 1. The molecule has 0 aromatic heterocycles. The van der Waals surface area contributed by atoms with Crippen molar-refractivity contribution in [3.8, 4) is 0 Å². The molecule has 0 radical (unpaired) electrons. The highest BCUT2D eigenvalue weighted by atomic mass is 16.7. The van der Waals surface area contributed by atoms with Crippen LogP contribution >= 0.6 is 0 Å². The quantitative estimate of drug-likeness (QED) is 0.699. The molecule has 2 rings (SSSR count). The van der Waals surface area contributed by atoms with E-state index in [2.05, 4.69) is 5.32 Å². The van der Waals surface area contributed by atoms with Gasteiger partial charge in [0.25, 0.3) is 0 Å². The first-order valence-electron chi connectivity index (χ1n) is 6.53. The molecule has 1 amide bonds. The molecule has 0 aromatic rings. The van der Waals surface area contributed by atoms with E-state index in [1.54, 1.807) is 0 Å². The highest BCUT2D eigenvalue weighted by Gasteiger charge is 2.28. The molecule has 0 unspecified atom stereocenters. The maximum atomic E-state index is 11.4. The average molecular weight is 242 g/mol. The van der Waals surface area contributed by atoms with E-state index in [1.165, 1.54) is 6.42 Å². The number of ether oxygens (including phenoxy) is 2. The van der Waals surface area contributed by atoms with Gasteiger partial charge >= 0.3 is 0 Å². The summed E-state index contributed by atoms with van der Waals surface area (Å²) in [6.07, 6.45) is 5.21. The largest absolute Gasteiger partial charge is 0.369 e. The Morgan fingerprint density at radius 1 is 1.18 bits per heavy atom. The minimum absolute atomic E-state index is 0.0427. The lowest BCUT2D eigenvalue weighted by atomic mass is 9.94. The van der Waals surface area contributed by atoms with Gasteiger partial charge in [0, 0.05) is 12.6 Å². The van der Waals surface area contributed by atoms with Crippen LogP contribution in [0.15, 0.2) is 0 Å². The van der Waals surface area contributed by atoms with Crippen LogP contribution < -0.4 is 11.1 Å². The molecule has 1 saturated carbocycles. The number of hydrogen-bond donors (Lipinski definition) is 2. The van der Waals surface area contributed by atoms with Crippen LogP contribution in [0.4, 0.5) is 0 Å². The maximum Gasteiger partial charge on any atom is 0.222 e. The molecule has 0 bridgehead atoms. The van der Waals surface area contributed by atoms with E-state index in [1.807, 2.05) is 0 Å². The first-order chi connectivity index (χ1) is 8.27. The lowest BCUT2D eigenvalue weighted by Crippen LogP contribution is -2.45. The third-order valence-corrected chi connectivity index (χ3v) is 3.62. The number of rotatable bonds is 4. The van der Waals surface area contributed by atoms with E-state index in [-0.39, 0.29) is 24.2 Å². The minimum atomic E-state index is -0.183. The Kier molecular flexibility index (Phi) is 4.76. The van der Waals surface area contributed by atoms with Crippen molar-refractivity contribution < 1.29 is 14.3 Å². The van der Waals surface area contributed by atoms with E-state index in [9.17, 15) is 4.79 Å². The van der Waals surface area contributed by atoms with Crippen LogP contribution in [-0.4, -0.2) is 38.0 Å². The molecule has 5 nitrogen and oxygen atoms in total. The van der Waals surface area contributed by atoms with Crippen molar-refractivity contribution in [2.75, 3.05) is 19.8 Å². The zero-order chi connectivity index (χ0) is 12.1. The normalized spacial score (nSPS) is 31.3. The molecule has 0 spiro atoms. The summed E-state index contributed by atoms with van der Waals surface area (Å²) in [6, 6.07) is 0.183. The lowest BCUT2D eigenvalue weighted by Gasteiger charge is -2.24. The summed E-state index contributed by atoms with van der Waals surface area (Å²) in [5.41, 5.74) is 5.47. The van der Waals surface area contributed by atoms with Gasteiger partial charge in [0.15, 0.2) is 6.29 Å². The van der Waals surface area contributed by atoms with E-state index in [4.69, 9.17) is 15.2 Å². The summed E-state index contributed by atoms with van der Waals surface area (Å²) in [4.78, 5) is 11.4. The second kappa shape index (κ2) is 6.33. The molecule has 98 valence electrons. The van der Waals surface area contributed by atoms with Gasteiger partial charge in [-0.15, -0.1) is 0 Å². The van der Waals surface area contributed by atoms with Crippen molar-refractivity contribution >= 4 is 5.91 Å². The van der Waals surface area contributed by atoms with Crippen LogP contribution in [0.3, 0.4) is 0 Å². The van der Waals surface area contributed by atoms with Crippen LogP contribution in [0.2, 0.25) is 0 Å². The second-order valence-corrected chi connectivity index (χ2v) is 4.83. The number of carbonyl (C=O) groups is 1. The Bertz CT molecular complexity index is 254. The summed E-state index contributed by atoms with van der Waals surface area (Å²) in [5, 5.41) is 3.38. The van der Waals surface area contributed by atoms with Crippen LogP contribution in [0.5, 0.6) is 0 Å². The number of hydrogen-bond acceptors (Lipinski definition) is 4. The Hall–Kier alpha value is -0.650. The minimum Gasteiger partial charge on any atom is -0.369 e. The molecule has 2 fully saturated rings. The highest BCUT2D eigenvalue weighted by molar-refractivity contribution is 5.77. The molecule has 0 aromatic carbocycles. The Labute approximate surface area is 102 Å². The third kappa shape index (κ3) is 3.66. The Balaban J connectivity index is 1.83. The van der Waals surface area contributed by atoms with Gasteiger partial charge in [0.2, 0.25) is 5.91 Å². The number of nitrogens with one attached hydrogen (secondary N) is 1. The first kappa shape index (κ1) is 12.8. The maximum absolute atomic E-state index is 11.4. The van der Waals surface area contributed by atoms with Crippen molar-refractivity contribution in [3.63, 3.8) is 0 Å². The highest BCUT2D eigenvalue weighted by Crippen LogP contribution is 2.23. The van der Waals surface area contributed by atoms with E-state index < -0.39 is 0 Å². The Morgan fingerprint density at radius 2 is 1.88 bits per heavy atom. The first-order valence-corrected chi connectivity index (χ1v) is 6.53. The molecular weight excluding hydrogens is 220 g/mol. The van der Waals surface area contributed by atoms with Crippen molar-refractivity contribution in [2.24, 2.45) is 11.7 Å². The summed E-state index contributed by atoms with van der Waals surface area (Å²) in [6.45, 7) is 1.97. The topological polar surface area (TPSA) is 73.6 Å². The van der Waals surface area contributed by atoms with Crippen LogP contribution in [0, 0.1) is 5.92 Å².